The predicted octanol–water partition coefficient (Wildman–Crippen LogP) is 2.45. The average molecular weight is 374 g/mol. The van der Waals surface area contributed by atoms with Crippen molar-refractivity contribution in [3.63, 3.8) is 0 Å². The summed E-state index contributed by atoms with van der Waals surface area (Å²) in [5.74, 6) is 0.396. The van der Waals surface area contributed by atoms with Gasteiger partial charge in [0.25, 0.3) is 0 Å². The minimum absolute atomic E-state index is 0.0578. The number of benzene rings is 1. The quantitative estimate of drug-likeness (QED) is 0.638. The molecule has 2 N–H and O–H groups in total. The van der Waals surface area contributed by atoms with E-state index >= 15 is 0 Å². The lowest BCUT2D eigenvalue weighted by Crippen LogP contribution is -2.45. The van der Waals surface area contributed by atoms with Crippen LogP contribution in [0.25, 0.3) is 0 Å². The van der Waals surface area contributed by atoms with Crippen LogP contribution in [0.1, 0.15) is 21.6 Å². The zero-order valence-electron chi connectivity index (χ0n) is 15.0. The first-order valence-electron chi connectivity index (χ1n) is 8.59. The lowest BCUT2D eigenvalue weighted by atomic mass is 10.1. The van der Waals surface area contributed by atoms with Crippen LogP contribution < -0.4 is 10.6 Å². The second kappa shape index (κ2) is 8.31. The van der Waals surface area contributed by atoms with Crippen LogP contribution in [0.3, 0.4) is 0 Å². The number of amides is 1. The predicted molar refractivity (Wildman–Crippen MR) is 103 cm³/mol. The molecule has 0 saturated heterocycles. The van der Waals surface area contributed by atoms with Crippen LogP contribution in [-0.2, 0) is 24.3 Å². The van der Waals surface area contributed by atoms with Crippen molar-refractivity contribution in [1.29, 1.82) is 0 Å². The maximum absolute atomic E-state index is 13.3. The maximum atomic E-state index is 13.3. The number of aliphatic imine (C=N–C) groups is 1. The standard InChI is InChI=1S/C19H23FN4OS/c1-13-9-14(3-4-16(13)20)10-22-19(21-2)23-11-18(25)24-7-5-17-15(12-24)6-8-26-17/h3-4,6,8-9H,5,7,10-12H2,1-2H3,(H2,21,22,23). The molecule has 3 rings (SSSR count). The molecule has 7 heteroatoms. The molecule has 2 heterocycles. The van der Waals surface area contributed by atoms with Gasteiger partial charge in [-0.15, -0.1) is 11.3 Å². The van der Waals surface area contributed by atoms with Crippen LogP contribution in [0.15, 0.2) is 34.6 Å². The minimum atomic E-state index is -0.211. The molecule has 1 aliphatic heterocycles. The minimum Gasteiger partial charge on any atom is -0.352 e. The number of nitrogens with one attached hydrogen (secondary N) is 2. The Kier molecular flexibility index (Phi) is 5.88. The Bertz CT molecular complexity index is 818. The summed E-state index contributed by atoms with van der Waals surface area (Å²) in [7, 11) is 1.66. The Hall–Kier alpha value is -2.41. The van der Waals surface area contributed by atoms with Gasteiger partial charge in [-0.3, -0.25) is 9.79 Å². The summed E-state index contributed by atoms with van der Waals surface area (Å²) in [6.45, 7) is 3.88. The summed E-state index contributed by atoms with van der Waals surface area (Å²) in [6.07, 6.45) is 0.926. The molecule has 0 saturated carbocycles. The van der Waals surface area contributed by atoms with Crippen LogP contribution in [0.5, 0.6) is 0 Å². The van der Waals surface area contributed by atoms with E-state index in [1.54, 1.807) is 37.4 Å². The molecule has 0 fully saturated rings. The summed E-state index contributed by atoms with van der Waals surface area (Å²) in [5, 5.41) is 8.29. The van der Waals surface area contributed by atoms with Crippen LogP contribution in [-0.4, -0.2) is 36.9 Å². The lowest BCUT2D eigenvalue weighted by Gasteiger charge is -2.27. The van der Waals surface area contributed by atoms with Crippen molar-refractivity contribution in [3.8, 4) is 0 Å². The average Bonchev–Trinajstić information content (AvgIpc) is 3.12. The van der Waals surface area contributed by atoms with Crippen LogP contribution in [0, 0.1) is 12.7 Å². The first kappa shape index (κ1) is 18.4. The van der Waals surface area contributed by atoms with Crippen molar-refractivity contribution in [2.75, 3.05) is 20.1 Å². The van der Waals surface area contributed by atoms with E-state index < -0.39 is 0 Å². The van der Waals surface area contributed by atoms with E-state index in [4.69, 9.17) is 0 Å². The van der Waals surface area contributed by atoms with Gasteiger partial charge in [-0.2, -0.15) is 0 Å². The topological polar surface area (TPSA) is 56.7 Å². The van der Waals surface area contributed by atoms with Crippen molar-refractivity contribution in [1.82, 2.24) is 15.5 Å². The Morgan fingerprint density at radius 1 is 1.35 bits per heavy atom. The number of rotatable bonds is 4. The van der Waals surface area contributed by atoms with Gasteiger partial charge in [0.05, 0.1) is 6.54 Å². The van der Waals surface area contributed by atoms with E-state index in [1.165, 1.54) is 16.5 Å². The zero-order chi connectivity index (χ0) is 18.5. The highest BCUT2D eigenvalue weighted by molar-refractivity contribution is 7.10. The van der Waals surface area contributed by atoms with E-state index in [0.717, 1.165) is 18.5 Å². The molecule has 0 bridgehead atoms. The second-order valence-corrected chi connectivity index (χ2v) is 7.30. The number of halogens is 1. The third kappa shape index (κ3) is 4.40. The molecule has 0 spiro atoms. The fourth-order valence-electron chi connectivity index (χ4n) is 2.96. The molecular formula is C19H23FN4OS. The van der Waals surface area contributed by atoms with Crippen molar-refractivity contribution in [3.05, 3.63) is 57.0 Å². The lowest BCUT2D eigenvalue weighted by molar-refractivity contribution is -0.130. The molecule has 0 aliphatic carbocycles. The first-order valence-corrected chi connectivity index (χ1v) is 9.47. The monoisotopic (exact) mass is 374 g/mol. The van der Waals surface area contributed by atoms with E-state index in [1.807, 2.05) is 4.90 Å². The second-order valence-electron chi connectivity index (χ2n) is 6.30. The SMILES string of the molecule is CN=C(NCC(=O)N1CCc2sccc2C1)NCc1ccc(F)c(C)c1. The van der Waals surface area contributed by atoms with Gasteiger partial charge in [-0.25, -0.2) is 4.39 Å². The summed E-state index contributed by atoms with van der Waals surface area (Å²) in [6, 6.07) is 7.09. The molecule has 1 aromatic carbocycles. The number of fused-ring (bicyclic) bond motifs is 1. The number of hydrogen-bond acceptors (Lipinski definition) is 3. The van der Waals surface area contributed by atoms with E-state index in [9.17, 15) is 9.18 Å². The van der Waals surface area contributed by atoms with Gasteiger partial charge in [0.2, 0.25) is 5.91 Å². The third-order valence-corrected chi connectivity index (χ3v) is 5.50. The molecule has 2 aromatic rings. The summed E-state index contributed by atoms with van der Waals surface area (Å²) in [5.41, 5.74) is 2.82. The van der Waals surface area contributed by atoms with E-state index in [2.05, 4.69) is 27.1 Å². The number of nitrogens with zero attached hydrogens (tertiary/aromatic N) is 2. The zero-order valence-corrected chi connectivity index (χ0v) is 15.8. The summed E-state index contributed by atoms with van der Waals surface area (Å²) >= 11 is 1.76. The van der Waals surface area contributed by atoms with Gasteiger partial charge < -0.3 is 15.5 Å². The molecule has 1 aromatic heterocycles. The van der Waals surface area contributed by atoms with Gasteiger partial charge in [-0.05, 0) is 47.5 Å². The molecule has 138 valence electrons. The number of aryl methyl sites for hydroxylation is 1. The molecular weight excluding hydrogens is 351 g/mol. The van der Waals surface area contributed by atoms with Gasteiger partial charge >= 0.3 is 0 Å². The van der Waals surface area contributed by atoms with Gasteiger partial charge in [-0.1, -0.05) is 12.1 Å². The maximum Gasteiger partial charge on any atom is 0.242 e. The molecule has 0 atom stereocenters. The van der Waals surface area contributed by atoms with Crippen LogP contribution in [0.2, 0.25) is 0 Å². The van der Waals surface area contributed by atoms with Crippen molar-refractivity contribution >= 4 is 23.2 Å². The Morgan fingerprint density at radius 3 is 2.96 bits per heavy atom. The van der Waals surface area contributed by atoms with Crippen molar-refractivity contribution in [2.24, 2.45) is 4.99 Å². The highest BCUT2D eigenvalue weighted by Crippen LogP contribution is 2.23. The number of thiophene rings is 1. The van der Waals surface area contributed by atoms with Crippen molar-refractivity contribution < 1.29 is 9.18 Å². The molecule has 1 aliphatic rings. The fourth-order valence-corrected chi connectivity index (χ4v) is 3.85. The Labute approximate surface area is 156 Å². The van der Waals surface area contributed by atoms with Gasteiger partial charge in [0.15, 0.2) is 5.96 Å². The molecule has 26 heavy (non-hydrogen) atoms. The summed E-state index contributed by atoms with van der Waals surface area (Å²) in [4.78, 5) is 19.8. The van der Waals surface area contributed by atoms with E-state index in [-0.39, 0.29) is 18.3 Å². The number of carbonyl (C=O) groups is 1. The highest BCUT2D eigenvalue weighted by Gasteiger charge is 2.21. The Morgan fingerprint density at radius 2 is 2.19 bits per heavy atom. The van der Waals surface area contributed by atoms with Gasteiger partial charge in [0, 0.05) is 31.6 Å². The molecule has 5 nitrogen and oxygen atoms in total. The van der Waals surface area contributed by atoms with Crippen LogP contribution >= 0.6 is 11.3 Å². The normalized spacial score (nSPS) is 14.1. The van der Waals surface area contributed by atoms with Crippen LogP contribution in [0.4, 0.5) is 4.39 Å². The number of hydrogen-bond donors (Lipinski definition) is 2. The molecule has 1 amide bonds. The Balaban J connectivity index is 1.48. The number of guanidine groups is 1. The molecule has 0 radical (unpaired) electrons. The largest absolute Gasteiger partial charge is 0.352 e. The fraction of sp³-hybridized carbons (Fsp3) is 0.368. The van der Waals surface area contributed by atoms with E-state index in [0.29, 0.717) is 24.6 Å². The molecule has 0 unspecified atom stereocenters. The van der Waals surface area contributed by atoms with Gasteiger partial charge in [0.1, 0.15) is 5.82 Å². The third-order valence-electron chi connectivity index (χ3n) is 4.47. The number of carbonyl (C=O) groups excluding carboxylic acids is 1. The smallest absolute Gasteiger partial charge is 0.242 e. The van der Waals surface area contributed by atoms with Crippen molar-refractivity contribution in [2.45, 2.75) is 26.4 Å². The first-order chi connectivity index (χ1) is 12.6. The summed E-state index contributed by atoms with van der Waals surface area (Å²) < 4.78 is 13.3. The highest BCUT2D eigenvalue weighted by atomic mass is 32.1.